The minimum atomic E-state index is -1.13. The number of aromatic nitrogens is 6. The van der Waals surface area contributed by atoms with Crippen LogP contribution in [-0.2, 0) is 11.9 Å². The lowest BCUT2D eigenvalue weighted by Gasteiger charge is -2.29. The van der Waals surface area contributed by atoms with Gasteiger partial charge in [0.2, 0.25) is 0 Å². The quantitative estimate of drug-likeness (QED) is 0.277. The Labute approximate surface area is 209 Å². The van der Waals surface area contributed by atoms with E-state index >= 15 is 0 Å². The minimum absolute atomic E-state index is 0.333. The van der Waals surface area contributed by atoms with E-state index in [1.807, 2.05) is 60.1 Å². The van der Waals surface area contributed by atoms with Crippen LogP contribution in [0.3, 0.4) is 0 Å². The topological polar surface area (TPSA) is 60.9 Å². The lowest BCUT2D eigenvalue weighted by Crippen LogP contribution is -2.25. The average molecular weight is 503 g/mol. The van der Waals surface area contributed by atoms with E-state index in [2.05, 4.69) is 20.5 Å². The number of benzene rings is 3. The molecule has 0 fully saturated rings. The van der Waals surface area contributed by atoms with E-state index in [1.165, 1.54) is 12.1 Å². The van der Waals surface area contributed by atoms with Gasteiger partial charge in [-0.1, -0.05) is 41.9 Å². The Morgan fingerprint density at radius 3 is 2.49 bits per heavy atom. The van der Waals surface area contributed by atoms with Crippen molar-refractivity contribution in [3.8, 4) is 11.1 Å². The first-order valence-electron chi connectivity index (χ1n) is 10.8. The Bertz CT molecular complexity index is 1710. The first kappa shape index (κ1) is 21.7. The number of imidazole rings is 1. The Morgan fingerprint density at radius 1 is 0.943 bits per heavy atom. The third kappa shape index (κ3) is 3.47. The van der Waals surface area contributed by atoms with Gasteiger partial charge in [0.15, 0.2) is 5.65 Å². The normalized spacial score (nSPS) is 13.4. The number of hydrogen-bond donors (Lipinski definition) is 0. The summed E-state index contributed by atoms with van der Waals surface area (Å²) in [5.74, 6) is -0.333. The van der Waals surface area contributed by atoms with Crippen LogP contribution in [0.25, 0.3) is 27.7 Å². The van der Waals surface area contributed by atoms with Gasteiger partial charge in [-0.2, -0.15) is 4.52 Å². The van der Waals surface area contributed by atoms with Crippen molar-refractivity contribution in [2.45, 2.75) is 4.87 Å². The van der Waals surface area contributed by atoms with E-state index < -0.39 is 4.87 Å². The highest BCUT2D eigenvalue weighted by atomic mass is 35.5. The van der Waals surface area contributed by atoms with Crippen LogP contribution in [-0.4, -0.2) is 29.6 Å². The molecule has 0 spiro atoms. The maximum absolute atomic E-state index is 13.8. The van der Waals surface area contributed by atoms with Gasteiger partial charge in [-0.25, -0.2) is 9.37 Å². The molecule has 3 aromatic heterocycles. The van der Waals surface area contributed by atoms with Crippen molar-refractivity contribution in [2.24, 2.45) is 7.05 Å². The van der Waals surface area contributed by atoms with Crippen LogP contribution in [0.1, 0.15) is 16.8 Å². The Kier molecular flexibility index (Phi) is 5.05. The highest BCUT2D eigenvalue weighted by molar-refractivity contribution is 6.31. The van der Waals surface area contributed by atoms with Gasteiger partial charge in [-0.3, -0.25) is 0 Å². The zero-order valence-electron chi connectivity index (χ0n) is 18.4. The largest absolute Gasteiger partial charge is 0.336 e. The number of pyridine rings is 1. The van der Waals surface area contributed by atoms with E-state index in [-0.39, 0.29) is 5.82 Å². The fourth-order valence-electron chi connectivity index (χ4n) is 4.54. The molecule has 1 atom stereocenters. The molecule has 0 saturated heterocycles. The third-order valence-corrected chi connectivity index (χ3v) is 7.09. The lowest BCUT2D eigenvalue weighted by atomic mass is 9.86. The zero-order chi connectivity index (χ0) is 24.2. The van der Waals surface area contributed by atoms with Gasteiger partial charge >= 0.3 is 0 Å². The molecular formula is C26H17Cl2FN6. The van der Waals surface area contributed by atoms with E-state index in [4.69, 9.17) is 23.2 Å². The minimum Gasteiger partial charge on any atom is -0.336 e. The van der Waals surface area contributed by atoms with Crippen LogP contribution in [0.15, 0.2) is 85.3 Å². The summed E-state index contributed by atoms with van der Waals surface area (Å²) in [4.78, 5) is 3.16. The zero-order valence-corrected chi connectivity index (χ0v) is 19.9. The second kappa shape index (κ2) is 8.15. The SMILES string of the molecule is Cn1cncc1C(Cl)(c1ccc(F)cc1)c1ccc2c(c1)c(-c1cccc(Cl)c1)cc1nnnn12. The summed E-state index contributed by atoms with van der Waals surface area (Å²) in [6.45, 7) is 0. The molecule has 0 aliphatic rings. The second-order valence-electron chi connectivity index (χ2n) is 8.30. The molecular weight excluding hydrogens is 486 g/mol. The molecule has 0 saturated carbocycles. The summed E-state index contributed by atoms with van der Waals surface area (Å²) in [5.41, 5.74) is 5.52. The van der Waals surface area contributed by atoms with Crippen molar-refractivity contribution in [3.05, 3.63) is 113 Å². The van der Waals surface area contributed by atoms with E-state index in [1.54, 1.807) is 29.2 Å². The predicted molar refractivity (Wildman–Crippen MR) is 134 cm³/mol. The van der Waals surface area contributed by atoms with Crippen molar-refractivity contribution in [1.29, 1.82) is 0 Å². The van der Waals surface area contributed by atoms with Crippen molar-refractivity contribution < 1.29 is 4.39 Å². The smallest absolute Gasteiger partial charge is 0.180 e. The van der Waals surface area contributed by atoms with Gasteiger partial charge in [0.25, 0.3) is 0 Å². The molecule has 0 aliphatic carbocycles. The molecule has 6 aromatic rings. The highest BCUT2D eigenvalue weighted by Gasteiger charge is 2.37. The fourth-order valence-corrected chi connectivity index (χ4v) is 5.16. The Hall–Kier alpha value is -3.81. The summed E-state index contributed by atoms with van der Waals surface area (Å²) in [7, 11) is 1.88. The molecule has 1 unspecified atom stereocenters. The molecule has 3 heterocycles. The number of aryl methyl sites for hydroxylation is 1. The summed E-state index contributed by atoms with van der Waals surface area (Å²) in [6, 6.07) is 21.7. The number of alkyl halides is 1. The lowest BCUT2D eigenvalue weighted by molar-refractivity contribution is 0.625. The molecule has 6 rings (SSSR count). The van der Waals surface area contributed by atoms with Crippen LogP contribution in [0.2, 0.25) is 5.02 Å². The summed E-state index contributed by atoms with van der Waals surface area (Å²) in [6.07, 6.45) is 3.42. The van der Waals surface area contributed by atoms with Crippen LogP contribution in [0.5, 0.6) is 0 Å². The van der Waals surface area contributed by atoms with Gasteiger partial charge in [0, 0.05) is 17.5 Å². The maximum Gasteiger partial charge on any atom is 0.180 e. The first-order valence-corrected chi connectivity index (χ1v) is 11.5. The summed E-state index contributed by atoms with van der Waals surface area (Å²) in [5, 5.41) is 13.7. The van der Waals surface area contributed by atoms with E-state index in [0.717, 1.165) is 38.9 Å². The van der Waals surface area contributed by atoms with Gasteiger partial charge in [0.1, 0.15) is 10.7 Å². The van der Waals surface area contributed by atoms with Crippen LogP contribution in [0, 0.1) is 5.82 Å². The number of halogens is 3. The molecule has 35 heavy (non-hydrogen) atoms. The van der Waals surface area contributed by atoms with Gasteiger partial charge in [-0.15, -0.1) is 16.7 Å². The summed E-state index contributed by atoms with van der Waals surface area (Å²) >= 11 is 13.8. The molecule has 9 heteroatoms. The second-order valence-corrected chi connectivity index (χ2v) is 9.31. The van der Waals surface area contributed by atoms with Crippen molar-refractivity contribution in [1.82, 2.24) is 29.6 Å². The standard InChI is InChI=1S/C26H17Cl2FN6/c1-34-15-30-14-24(34)26(28,17-5-8-20(29)9-6-17)18-7-10-23-22(12-18)21(13-25-31-32-33-35(23)25)16-3-2-4-19(27)11-16/h2-15H,1H3. The Balaban J connectivity index is 1.68. The Morgan fingerprint density at radius 2 is 1.74 bits per heavy atom. The molecule has 0 amide bonds. The molecule has 3 aromatic carbocycles. The molecule has 172 valence electrons. The molecule has 0 aliphatic heterocycles. The molecule has 0 bridgehead atoms. The van der Waals surface area contributed by atoms with Crippen molar-refractivity contribution in [2.75, 3.05) is 0 Å². The molecule has 0 N–H and O–H groups in total. The molecule has 6 nitrogen and oxygen atoms in total. The number of rotatable bonds is 4. The predicted octanol–water partition coefficient (Wildman–Crippen LogP) is 6.00. The monoisotopic (exact) mass is 502 g/mol. The van der Waals surface area contributed by atoms with E-state index in [0.29, 0.717) is 10.7 Å². The first-order chi connectivity index (χ1) is 16.9. The number of hydrogen-bond acceptors (Lipinski definition) is 4. The number of tetrazole rings is 1. The van der Waals surface area contributed by atoms with Gasteiger partial charge in [-0.05, 0) is 75.1 Å². The van der Waals surface area contributed by atoms with Gasteiger partial charge < -0.3 is 4.57 Å². The average Bonchev–Trinajstić information content (AvgIpc) is 3.52. The number of nitrogens with zero attached hydrogens (tertiary/aromatic N) is 6. The van der Waals surface area contributed by atoms with Crippen LogP contribution >= 0.6 is 23.2 Å². The van der Waals surface area contributed by atoms with Crippen LogP contribution in [0.4, 0.5) is 4.39 Å². The van der Waals surface area contributed by atoms with E-state index in [9.17, 15) is 4.39 Å². The number of fused-ring (bicyclic) bond motifs is 3. The summed E-state index contributed by atoms with van der Waals surface area (Å²) < 4.78 is 17.4. The molecule has 0 radical (unpaired) electrons. The highest BCUT2D eigenvalue weighted by Crippen LogP contribution is 2.44. The van der Waals surface area contributed by atoms with Crippen LogP contribution < -0.4 is 0 Å². The van der Waals surface area contributed by atoms with Gasteiger partial charge in [0.05, 0.1) is 23.7 Å². The van der Waals surface area contributed by atoms with Crippen molar-refractivity contribution >= 4 is 39.8 Å². The third-order valence-electron chi connectivity index (χ3n) is 6.23. The fraction of sp³-hybridized carbons (Fsp3) is 0.0769. The maximum atomic E-state index is 13.8. The van der Waals surface area contributed by atoms with Crippen molar-refractivity contribution in [3.63, 3.8) is 0 Å².